The molecule has 0 aliphatic carbocycles. The largest absolute Gasteiger partial charge is 0.497 e. The summed E-state index contributed by atoms with van der Waals surface area (Å²) in [4.78, 5) is 20.9. The Morgan fingerprint density at radius 1 is 0.964 bits per heavy atom. The third-order valence-corrected chi connectivity index (χ3v) is 5.00. The topological polar surface area (TPSA) is 63.2 Å². The first-order chi connectivity index (χ1) is 13.7. The van der Waals surface area contributed by atoms with Crippen LogP contribution in [0.4, 0.5) is 11.4 Å². The zero-order valence-electron chi connectivity index (χ0n) is 15.1. The molecule has 1 amide bonds. The van der Waals surface area contributed by atoms with Crippen molar-refractivity contribution in [3.63, 3.8) is 0 Å². The van der Waals surface area contributed by atoms with Crippen LogP contribution in [0.1, 0.15) is 11.1 Å². The van der Waals surface area contributed by atoms with E-state index >= 15 is 0 Å². The van der Waals surface area contributed by atoms with E-state index in [2.05, 4.69) is 10.5 Å². The van der Waals surface area contributed by atoms with Crippen LogP contribution in [0.25, 0.3) is 0 Å². The number of rotatable bonds is 3. The molecule has 0 radical (unpaired) electrons. The van der Waals surface area contributed by atoms with E-state index in [-0.39, 0.29) is 5.91 Å². The number of hydrogen-bond donors (Lipinski definition) is 1. The number of carbonyl (C=O) groups is 1. The van der Waals surface area contributed by atoms with Crippen molar-refractivity contribution in [2.45, 2.75) is 5.72 Å². The number of methoxy groups -OCH3 is 1. The van der Waals surface area contributed by atoms with Crippen molar-refractivity contribution >= 4 is 23.1 Å². The van der Waals surface area contributed by atoms with Gasteiger partial charge in [0.2, 0.25) is 0 Å². The second-order valence-corrected chi connectivity index (χ2v) is 6.55. The maximum absolute atomic E-state index is 13.2. The number of para-hydroxylation sites is 1. The highest BCUT2D eigenvalue weighted by Gasteiger charge is 2.59. The molecule has 0 saturated heterocycles. The minimum absolute atomic E-state index is 0.279. The Hall–Kier alpha value is -3.80. The van der Waals surface area contributed by atoms with Crippen molar-refractivity contribution in [2.75, 3.05) is 17.3 Å². The average Bonchev–Trinajstić information content (AvgIpc) is 3.28. The number of oxime groups is 1. The Labute approximate surface area is 162 Å². The van der Waals surface area contributed by atoms with Crippen molar-refractivity contribution in [3.8, 4) is 5.75 Å². The molecule has 3 aromatic carbocycles. The van der Waals surface area contributed by atoms with Gasteiger partial charge in [0.15, 0.2) is 5.84 Å². The lowest BCUT2D eigenvalue weighted by Crippen LogP contribution is -2.51. The van der Waals surface area contributed by atoms with Crippen LogP contribution in [0.5, 0.6) is 5.75 Å². The van der Waals surface area contributed by atoms with E-state index in [4.69, 9.17) is 9.57 Å². The van der Waals surface area contributed by atoms with E-state index in [1.54, 1.807) is 7.11 Å². The summed E-state index contributed by atoms with van der Waals surface area (Å²) < 4.78 is 5.28. The van der Waals surface area contributed by atoms with Gasteiger partial charge in [-0.1, -0.05) is 53.7 Å². The highest BCUT2D eigenvalue weighted by atomic mass is 16.7. The number of amidine groups is 1. The van der Waals surface area contributed by atoms with Gasteiger partial charge < -0.3 is 14.9 Å². The summed E-state index contributed by atoms with van der Waals surface area (Å²) in [6.07, 6.45) is 0. The Morgan fingerprint density at radius 2 is 1.68 bits per heavy atom. The number of carbonyl (C=O) groups excluding carboxylic acids is 1. The maximum Gasteiger partial charge on any atom is 0.322 e. The molecule has 3 aromatic rings. The SMILES string of the molecule is COc1ccc(N2C(c3ccccc3)=NOC23C(=O)Nc2ccccc23)cc1. The van der Waals surface area contributed by atoms with Gasteiger partial charge in [0.25, 0.3) is 5.91 Å². The van der Waals surface area contributed by atoms with Gasteiger partial charge in [-0.3, -0.25) is 9.69 Å². The molecule has 2 heterocycles. The number of nitrogens with one attached hydrogen (secondary N) is 1. The van der Waals surface area contributed by atoms with Gasteiger partial charge in [-0.25, -0.2) is 0 Å². The van der Waals surface area contributed by atoms with E-state index in [0.29, 0.717) is 5.84 Å². The van der Waals surface area contributed by atoms with E-state index in [1.807, 2.05) is 83.8 Å². The summed E-state index contributed by atoms with van der Waals surface area (Å²) in [7, 11) is 1.62. The highest BCUT2D eigenvalue weighted by Crippen LogP contribution is 2.47. The molecule has 6 heteroatoms. The standard InChI is InChI=1S/C22H17N3O3/c1-27-17-13-11-16(12-14-17)25-20(15-7-3-2-4-8-15)24-28-22(25)18-9-5-6-10-19(18)23-21(22)26/h2-14H,1H3,(H,23,26). The lowest BCUT2D eigenvalue weighted by atomic mass is 10.00. The van der Waals surface area contributed by atoms with Crippen molar-refractivity contribution < 1.29 is 14.4 Å². The molecule has 0 fully saturated rings. The molecule has 0 bridgehead atoms. The van der Waals surface area contributed by atoms with Gasteiger partial charge in [-0.2, -0.15) is 0 Å². The van der Waals surface area contributed by atoms with Crippen molar-refractivity contribution in [1.29, 1.82) is 0 Å². The van der Waals surface area contributed by atoms with Crippen LogP contribution in [0.15, 0.2) is 84.0 Å². The summed E-state index contributed by atoms with van der Waals surface area (Å²) in [5.74, 6) is 1.02. The van der Waals surface area contributed by atoms with Crippen molar-refractivity contribution in [2.24, 2.45) is 5.16 Å². The molecule has 28 heavy (non-hydrogen) atoms. The van der Waals surface area contributed by atoms with Crippen LogP contribution in [-0.4, -0.2) is 18.9 Å². The fraction of sp³-hybridized carbons (Fsp3) is 0.0909. The minimum Gasteiger partial charge on any atom is -0.497 e. The number of fused-ring (bicyclic) bond motifs is 2. The molecule has 0 aromatic heterocycles. The van der Waals surface area contributed by atoms with E-state index < -0.39 is 5.72 Å². The summed E-state index contributed by atoms with van der Waals surface area (Å²) in [5.41, 5.74) is 1.68. The molecule has 0 saturated carbocycles. The zero-order valence-corrected chi connectivity index (χ0v) is 15.1. The quantitative estimate of drug-likeness (QED) is 0.763. The van der Waals surface area contributed by atoms with Crippen LogP contribution >= 0.6 is 0 Å². The van der Waals surface area contributed by atoms with Gasteiger partial charge in [-0.15, -0.1) is 0 Å². The van der Waals surface area contributed by atoms with Gasteiger partial charge in [-0.05, 0) is 30.3 Å². The number of benzene rings is 3. The van der Waals surface area contributed by atoms with Crippen LogP contribution in [0.2, 0.25) is 0 Å². The van der Waals surface area contributed by atoms with Crippen molar-refractivity contribution in [1.82, 2.24) is 0 Å². The van der Waals surface area contributed by atoms with E-state index in [9.17, 15) is 4.79 Å². The van der Waals surface area contributed by atoms with Crippen LogP contribution in [0.3, 0.4) is 0 Å². The number of ether oxygens (including phenoxy) is 1. The van der Waals surface area contributed by atoms with Gasteiger partial charge in [0.1, 0.15) is 5.75 Å². The van der Waals surface area contributed by atoms with E-state index in [0.717, 1.165) is 28.3 Å². The third kappa shape index (κ3) is 2.21. The maximum atomic E-state index is 13.2. The molecular weight excluding hydrogens is 354 g/mol. The summed E-state index contributed by atoms with van der Waals surface area (Å²) >= 11 is 0. The number of anilines is 2. The smallest absolute Gasteiger partial charge is 0.322 e. The number of nitrogens with zero attached hydrogens (tertiary/aromatic N) is 2. The van der Waals surface area contributed by atoms with Crippen molar-refractivity contribution in [3.05, 3.63) is 90.0 Å². The molecule has 1 N–H and O–H groups in total. The van der Waals surface area contributed by atoms with Crippen LogP contribution < -0.4 is 15.0 Å². The lowest BCUT2D eigenvalue weighted by molar-refractivity contribution is -0.137. The molecular formula is C22H17N3O3. The second kappa shape index (κ2) is 6.13. The second-order valence-electron chi connectivity index (χ2n) is 6.55. The third-order valence-electron chi connectivity index (χ3n) is 5.00. The van der Waals surface area contributed by atoms with Crippen LogP contribution in [0, 0.1) is 0 Å². The minimum atomic E-state index is -1.39. The first-order valence-electron chi connectivity index (χ1n) is 8.91. The summed E-state index contributed by atoms with van der Waals surface area (Å²) in [6, 6.07) is 24.7. The van der Waals surface area contributed by atoms with E-state index in [1.165, 1.54) is 0 Å². The Balaban J connectivity index is 1.71. The Morgan fingerprint density at radius 3 is 2.43 bits per heavy atom. The summed E-state index contributed by atoms with van der Waals surface area (Å²) in [6.45, 7) is 0. The molecule has 1 unspecified atom stereocenters. The molecule has 2 aliphatic heterocycles. The Kier molecular flexibility index (Phi) is 3.58. The Bertz CT molecular complexity index is 1080. The molecule has 1 atom stereocenters. The molecule has 138 valence electrons. The first kappa shape index (κ1) is 16.4. The highest BCUT2D eigenvalue weighted by molar-refractivity contribution is 6.19. The predicted octanol–water partition coefficient (Wildman–Crippen LogP) is 3.70. The normalized spacial score (nSPS) is 19.8. The lowest BCUT2D eigenvalue weighted by Gasteiger charge is -2.32. The summed E-state index contributed by atoms with van der Waals surface area (Å²) in [5, 5.41) is 7.26. The van der Waals surface area contributed by atoms with Crippen LogP contribution in [-0.2, 0) is 15.4 Å². The van der Waals surface area contributed by atoms with Gasteiger partial charge >= 0.3 is 5.72 Å². The number of hydrogen-bond acceptors (Lipinski definition) is 5. The van der Waals surface area contributed by atoms with Gasteiger partial charge in [0, 0.05) is 11.3 Å². The molecule has 2 aliphatic rings. The number of amides is 1. The molecule has 1 spiro atoms. The first-order valence-corrected chi connectivity index (χ1v) is 8.91. The fourth-order valence-corrected chi connectivity index (χ4v) is 3.67. The fourth-order valence-electron chi connectivity index (χ4n) is 3.67. The zero-order chi connectivity index (χ0) is 19.1. The molecule has 6 nitrogen and oxygen atoms in total. The van der Waals surface area contributed by atoms with Gasteiger partial charge in [0.05, 0.1) is 18.4 Å². The molecule has 5 rings (SSSR count). The monoisotopic (exact) mass is 371 g/mol. The predicted molar refractivity (Wildman–Crippen MR) is 106 cm³/mol. The average molecular weight is 371 g/mol.